The van der Waals surface area contributed by atoms with Gasteiger partial charge in [-0.05, 0) is 24.6 Å². The molecule has 0 bridgehead atoms. The Morgan fingerprint density at radius 1 is 1.19 bits per heavy atom. The molecule has 4 rings (SSSR count). The molecule has 31 heavy (non-hydrogen) atoms. The Hall–Kier alpha value is -3.63. The summed E-state index contributed by atoms with van der Waals surface area (Å²) < 4.78 is 26.9. The molecule has 160 valence electrons. The van der Waals surface area contributed by atoms with E-state index in [1.165, 1.54) is 29.3 Å². The minimum Gasteiger partial charge on any atom is -0.382 e. The number of nitrogens with zero attached hydrogens (tertiary/aromatic N) is 3. The van der Waals surface area contributed by atoms with E-state index in [-0.39, 0.29) is 11.3 Å². The molecule has 1 aliphatic rings. The van der Waals surface area contributed by atoms with Crippen LogP contribution in [-0.4, -0.2) is 39.3 Å². The first-order valence-electron chi connectivity index (χ1n) is 9.50. The van der Waals surface area contributed by atoms with Crippen molar-refractivity contribution in [1.82, 2.24) is 9.97 Å². The molecule has 0 atom stereocenters. The monoisotopic (exact) mass is 427 g/mol. The van der Waals surface area contributed by atoms with Gasteiger partial charge in [-0.3, -0.25) is 9.88 Å². The van der Waals surface area contributed by atoms with Crippen LogP contribution >= 0.6 is 0 Å². The van der Waals surface area contributed by atoms with Crippen LogP contribution in [0.2, 0.25) is 0 Å². The number of urea groups is 1. The highest BCUT2D eigenvalue weighted by molar-refractivity contribution is 6.03. The largest absolute Gasteiger partial charge is 0.382 e. The Morgan fingerprint density at radius 2 is 2.03 bits per heavy atom. The fraction of sp³-hybridized carbons (Fsp3) is 0.190. The first-order valence-corrected chi connectivity index (χ1v) is 9.50. The molecule has 0 fully saturated rings. The third-order valence-electron chi connectivity index (χ3n) is 4.73. The average molecular weight is 427 g/mol. The quantitative estimate of drug-likeness (QED) is 0.478. The highest BCUT2D eigenvalue weighted by Gasteiger charge is 2.26. The van der Waals surface area contributed by atoms with Gasteiger partial charge >= 0.3 is 12.1 Å². The summed E-state index contributed by atoms with van der Waals surface area (Å²) in [5.74, 6) is -0.241. The third-order valence-corrected chi connectivity index (χ3v) is 4.73. The minimum absolute atomic E-state index is 0.206. The Kier molecular flexibility index (Phi) is 5.49. The molecule has 2 aromatic heterocycles. The minimum atomic E-state index is -3.48. The van der Waals surface area contributed by atoms with Gasteiger partial charge in [-0.25, -0.2) is 14.2 Å². The number of fused-ring (bicyclic) bond motifs is 1. The Balaban J connectivity index is 1.69. The number of aliphatic hydroxyl groups is 2. The summed E-state index contributed by atoms with van der Waals surface area (Å²) in [5, 5.41) is 24.3. The molecule has 8 nitrogen and oxygen atoms in total. The topological polar surface area (TPSA) is 111 Å². The van der Waals surface area contributed by atoms with Crippen LogP contribution < -0.4 is 15.5 Å². The van der Waals surface area contributed by atoms with E-state index in [9.17, 15) is 23.8 Å². The number of nitrogens with one attached hydrogen (secondary N) is 2. The highest BCUT2D eigenvalue weighted by Crippen LogP contribution is 2.32. The van der Waals surface area contributed by atoms with E-state index in [4.69, 9.17) is 0 Å². The van der Waals surface area contributed by atoms with Crippen molar-refractivity contribution in [2.24, 2.45) is 0 Å². The van der Waals surface area contributed by atoms with E-state index in [0.717, 1.165) is 12.3 Å². The number of aromatic nitrogens is 2. The number of carbonyl (C=O) groups excluding carboxylic acids is 1. The van der Waals surface area contributed by atoms with Gasteiger partial charge in [0.15, 0.2) is 5.82 Å². The van der Waals surface area contributed by atoms with Crippen LogP contribution in [0.5, 0.6) is 0 Å². The second-order valence-electron chi connectivity index (χ2n) is 6.99. The van der Waals surface area contributed by atoms with Crippen LogP contribution in [0, 0.1) is 5.82 Å². The third kappa shape index (κ3) is 4.60. The Morgan fingerprint density at radius 3 is 2.81 bits per heavy atom. The predicted octanol–water partition coefficient (Wildman–Crippen LogP) is 3.20. The fourth-order valence-electron chi connectivity index (χ4n) is 3.26. The summed E-state index contributed by atoms with van der Waals surface area (Å²) in [4.78, 5) is 22.6. The maximum atomic E-state index is 13.5. The molecule has 3 heterocycles. The second kappa shape index (κ2) is 8.25. The van der Waals surface area contributed by atoms with Gasteiger partial charge in [0.1, 0.15) is 5.82 Å². The summed E-state index contributed by atoms with van der Waals surface area (Å²) in [7, 11) is 0. The summed E-state index contributed by atoms with van der Waals surface area (Å²) in [5.41, 5.74) is 1.32. The zero-order valence-corrected chi connectivity index (χ0v) is 16.2. The molecule has 0 aliphatic carbocycles. The van der Waals surface area contributed by atoms with Crippen molar-refractivity contribution in [1.29, 1.82) is 0 Å². The van der Waals surface area contributed by atoms with Crippen molar-refractivity contribution < 1.29 is 23.8 Å². The van der Waals surface area contributed by atoms with Gasteiger partial charge < -0.3 is 20.8 Å². The molecule has 0 saturated carbocycles. The molecule has 0 radical (unpaired) electrons. The van der Waals surface area contributed by atoms with Gasteiger partial charge in [0.05, 0.1) is 29.5 Å². The van der Waals surface area contributed by atoms with Gasteiger partial charge in [-0.15, -0.1) is 0 Å². The van der Waals surface area contributed by atoms with E-state index >= 15 is 0 Å². The number of amides is 2. The zero-order chi connectivity index (χ0) is 22.0. The summed E-state index contributed by atoms with van der Waals surface area (Å²) in [6, 6.07) is 6.19. The number of hydrogen-bond donors (Lipinski definition) is 4. The molecule has 0 unspecified atom stereocenters. The second-order valence-corrected chi connectivity index (χ2v) is 6.99. The lowest BCUT2D eigenvalue weighted by molar-refractivity contribution is -0.269. The smallest absolute Gasteiger partial charge is 0.343 e. The van der Waals surface area contributed by atoms with Crippen LogP contribution in [0.3, 0.4) is 0 Å². The van der Waals surface area contributed by atoms with Crippen LogP contribution in [0.1, 0.15) is 12.0 Å². The first kappa shape index (κ1) is 20.6. The van der Waals surface area contributed by atoms with E-state index in [2.05, 4.69) is 20.6 Å². The average Bonchev–Trinajstić information content (AvgIpc) is 2.95. The van der Waals surface area contributed by atoms with Gasteiger partial charge in [-0.1, -0.05) is 18.2 Å². The maximum absolute atomic E-state index is 13.5. The van der Waals surface area contributed by atoms with Crippen molar-refractivity contribution in [3.8, 4) is 11.3 Å². The van der Waals surface area contributed by atoms with Crippen molar-refractivity contribution in [2.45, 2.75) is 12.5 Å². The lowest BCUT2D eigenvalue weighted by Gasteiger charge is -2.22. The van der Waals surface area contributed by atoms with Crippen molar-refractivity contribution in [3.05, 3.63) is 66.2 Å². The van der Waals surface area contributed by atoms with Gasteiger partial charge in [0, 0.05) is 30.3 Å². The number of hydrogen-bond acceptors (Lipinski definition) is 6. The Labute approximate surface area is 176 Å². The summed E-state index contributed by atoms with van der Waals surface area (Å²) in [6.45, 7) is 0.972. The number of pyridine rings is 2. The lowest BCUT2D eigenvalue weighted by Crippen LogP contribution is -2.36. The fourth-order valence-corrected chi connectivity index (χ4v) is 3.26. The molecule has 1 aliphatic heterocycles. The number of halogens is 2. The predicted molar refractivity (Wildman–Crippen MR) is 111 cm³/mol. The van der Waals surface area contributed by atoms with Crippen LogP contribution in [0.15, 0.2) is 54.9 Å². The maximum Gasteiger partial charge on any atom is 0.343 e. The van der Waals surface area contributed by atoms with Crippen molar-refractivity contribution in [3.63, 3.8) is 0 Å². The first-order chi connectivity index (χ1) is 14.8. The van der Waals surface area contributed by atoms with Crippen LogP contribution in [0.4, 0.5) is 30.8 Å². The van der Waals surface area contributed by atoms with Gasteiger partial charge in [0.2, 0.25) is 0 Å². The van der Waals surface area contributed by atoms with Gasteiger partial charge in [0.25, 0.3) is 0 Å². The molecular weight excluding hydrogens is 408 g/mol. The lowest BCUT2D eigenvalue weighted by atomic mass is 10.1. The van der Waals surface area contributed by atoms with E-state index in [1.54, 1.807) is 18.2 Å². The molecule has 2 amide bonds. The number of anilines is 3. The molecule has 4 N–H and O–H groups in total. The normalized spacial score (nSPS) is 13.7. The number of rotatable bonds is 3. The van der Waals surface area contributed by atoms with Crippen LogP contribution in [0.25, 0.3) is 11.3 Å². The molecule has 10 heteroatoms. The molecule has 0 saturated heterocycles. The standard InChI is InChI=1S/C21H19F2N5O3/c22-15-10-16(12-24-11-15)26-20(29)28-8-2-7-25-18-6-5-17(27-19(18)28)13-3-1-4-14(9-13)21(23,30)31/h1,3-6,9-12,25,30-31H,2,7-8H2,(H,26,29). The summed E-state index contributed by atoms with van der Waals surface area (Å²) >= 11 is 0. The Bertz CT molecular complexity index is 1120. The van der Waals surface area contributed by atoms with E-state index in [1.807, 2.05) is 0 Å². The SMILES string of the molecule is O=C(Nc1cncc(F)c1)N1CCCNc2ccc(-c3cccc(C(O)(O)F)c3)nc21. The molecule has 3 aromatic rings. The van der Waals surface area contributed by atoms with E-state index < -0.39 is 17.9 Å². The zero-order valence-electron chi connectivity index (χ0n) is 16.2. The summed E-state index contributed by atoms with van der Waals surface area (Å²) in [6.07, 6.45) is 3.02. The van der Waals surface area contributed by atoms with E-state index in [0.29, 0.717) is 42.3 Å². The van der Waals surface area contributed by atoms with Crippen LogP contribution in [-0.2, 0) is 6.04 Å². The number of carbonyl (C=O) groups is 1. The highest BCUT2D eigenvalue weighted by atomic mass is 19.2. The van der Waals surface area contributed by atoms with Gasteiger partial charge in [-0.2, -0.15) is 4.39 Å². The molecule has 0 spiro atoms. The molecule has 1 aromatic carbocycles. The van der Waals surface area contributed by atoms with Crippen molar-refractivity contribution >= 4 is 23.2 Å². The molecular formula is C21H19F2N5O3. The number of alkyl halides is 1. The van der Waals surface area contributed by atoms with Crippen molar-refractivity contribution in [2.75, 3.05) is 28.6 Å². The number of benzene rings is 1.